The minimum absolute atomic E-state index is 0.0622. The first-order valence-corrected chi connectivity index (χ1v) is 18.2. The molecule has 0 spiro atoms. The average molecular weight is 618 g/mol. The van der Waals surface area contributed by atoms with Gasteiger partial charge in [-0.05, 0) is 80.6 Å². The number of rotatable bonds is 10. The van der Waals surface area contributed by atoms with Gasteiger partial charge in [-0.15, -0.1) is 0 Å². The number of aromatic nitrogens is 1. The zero-order chi connectivity index (χ0) is 32.3. The van der Waals surface area contributed by atoms with Gasteiger partial charge in [-0.2, -0.15) is 0 Å². The SMILES string of the molecule is COC(=O)c1ccc(C[C@@H]2CC[C@H](C(O[Si](C)(C)C(C)(C)C)c3ccc(NC(C)(C)c4ccccc4)nc3)N2C(=O)O)cc1. The average Bonchev–Trinajstić information content (AvgIpc) is 3.39. The number of benzene rings is 2. The number of hydrogen-bond donors (Lipinski definition) is 2. The molecule has 1 aliphatic heterocycles. The smallest absolute Gasteiger partial charge is 0.407 e. The molecule has 1 saturated heterocycles. The molecule has 1 aromatic heterocycles. The summed E-state index contributed by atoms with van der Waals surface area (Å²) < 4.78 is 11.8. The third-order valence-electron chi connectivity index (χ3n) is 9.24. The monoisotopic (exact) mass is 617 g/mol. The van der Waals surface area contributed by atoms with Gasteiger partial charge in [0, 0.05) is 17.8 Å². The Morgan fingerprint density at radius 3 is 2.20 bits per heavy atom. The van der Waals surface area contributed by atoms with Crippen LogP contribution in [0.15, 0.2) is 72.9 Å². The molecule has 8 nitrogen and oxygen atoms in total. The normalized spacial score (nSPS) is 18.1. The topological polar surface area (TPSA) is 101 Å². The molecule has 236 valence electrons. The number of likely N-dealkylation sites (tertiary alicyclic amines) is 1. The zero-order valence-corrected chi connectivity index (χ0v) is 28.3. The molecule has 2 aromatic carbocycles. The number of esters is 1. The van der Waals surface area contributed by atoms with Gasteiger partial charge in [-0.1, -0.05) is 69.3 Å². The molecule has 44 heavy (non-hydrogen) atoms. The number of pyridine rings is 1. The highest BCUT2D eigenvalue weighted by Crippen LogP contribution is 2.44. The van der Waals surface area contributed by atoms with Crippen molar-refractivity contribution in [3.05, 3.63) is 95.2 Å². The molecule has 0 bridgehead atoms. The minimum Gasteiger partial charge on any atom is -0.465 e. The Hall–Kier alpha value is -3.69. The van der Waals surface area contributed by atoms with E-state index in [-0.39, 0.29) is 22.7 Å². The van der Waals surface area contributed by atoms with Crippen LogP contribution in [0.5, 0.6) is 0 Å². The van der Waals surface area contributed by atoms with Crippen LogP contribution in [0.2, 0.25) is 18.1 Å². The van der Waals surface area contributed by atoms with Gasteiger partial charge in [0.05, 0.1) is 30.4 Å². The quantitative estimate of drug-likeness (QED) is 0.175. The Kier molecular flexibility index (Phi) is 9.90. The second kappa shape index (κ2) is 13.1. The fourth-order valence-corrected chi connectivity index (χ4v) is 6.91. The van der Waals surface area contributed by atoms with Crippen molar-refractivity contribution in [1.82, 2.24) is 9.88 Å². The van der Waals surface area contributed by atoms with Crippen molar-refractivity contribution in [3.8, 4) is 0 Å². The van der Waals surface area contributed by atoms with Gasteiger partial charge in [0.1, 0.15) is 5.82 Å². The number of carboxylic acid groups (broad SMARTS) is 1. The van der Waals surface area contributed by atoms with Gasteiger partial charge in [-0.25, -0.2) is 14.6 Å². The third-order valence-corrected chi connectivity index (χ3v) is 13.7. The van der Waals surface area contributed by atoms with Crippen LogP contribution in [0.1, 0.15) is 80.6 Å². The molecular formula is C35H47N3O5Si. The molecule has 1 unspecified atom stereocenters. The van der Waals surface area contributed by atoms with Crippen LogP contribution in [0.3, 0.4) is 0 Å². The summed E-state index contributed by atoms with van der Waals surface area (Å²) in [5.74, 6) is 0.345. The molecular weight excluding hydrogens is 570 g/mol. The van der Waals surface area contributed by atoms with Crippen LogP contribution in [0.25, 0.3) is 0 Å². The summed E-state index contributed by atoms with van der Waals surface area (Å²) in [6.45, 7) is 15.2. The van der Waals surface area contributed by atoms with E-state index in [1.807, 2.05) is 48.7 Å². The first-order chi connectivity index (χ1) is 20.6. The molecule has 0 radical (unpaired) electrons. The van der Waals surface area contributed by atoms with Crippen LogP contribution in [-0.4, -0.2) is 54.6 Å². The van der Waals surface area contributed by atoms with Crippen LogP contribution in [0, 0.1) is 0 Å². The van der Waals surface area contributed by atoms with Gasteiger partial charge in [0.25, 0.3) is 0 Å². The zero-order valence-electron chi connectivity index (χ0n) is 27.3. The van der Waals surface area contributed by atoms with E-state index < -0.39 is 26.5 Å². The first-order valence-electron chi connectivity index (χ1n) is 15.3. The highest BCUT2D eigenvalue weighted by Gasteiger charge is 2.47. The molecule has 1 aliphatic rings. The van der Waals surface area contributed by atoms with Crippen molar-refractivity contribution in [1.29, 1.82) is 0 Å². The van der Waals surface area contributed by atoms with E-state index in [0.717, 1.165) is 22.5 Å². The lowest BCUT2D eigenvalue weighted by atomic mass is 9.94. The van der Waals surface area contributed by atoms with Crippen LogP contribution >= 0.6 is 0 Å². The predicted molar refractivity (Wildman–Crippen MR) is 177 cm³/mol. The van der Waals surface area contributed by atoms with Gasteiger partial charge < -0.3 is 19.6 Å². The molecule has 3 atom stereocenters. The molecule has 9 heteroatoms. The number of carbonyl (C=O) groups is 2. The number of nitrogens with zero attached hydrogens (tertiary/aromatic N) is 2. The highest BCUT2D eigenvalue weighted by atomic mass is 28.4. The van der Waals surface area contributed by atoms with E-state index in [4.69, 9.17) is 14.1 Å². The lowest BCUT2D eigenvalue weighted by Gasteiger charge is -2.42. The van der Waals surface area contributed by atoms with E-state index in [0.29, 0.717) is 24.8 Å². The first kappa shape index (κ1) is 33.2. The molecule has 2 heterocycles. The molecule has 1 fully saturated rings. The van der Waals surface area contributed by atoms with Crippen molar-refractivity contribution in [2.45, 2.75) is 95.7 Å². The molecule has 2 N–H and O–H groups in total. The number of nitrogens with one attached hydrogen (secondary N) is 1. The van der Waals surface area contributed by atoms with Crippen molar-refractivity contribution in [3.63, 3.8) is 0 Å². The molecule has 0 aliphatic carbocycles. The summed E-state index contributed by atoms with van der Waals surface area (Å²) in [7, 11) is -0.948. The molecule has 3 aromatic rings. The third kappa shape index (κ3) is 7.50. The van der Waals surface area contributed by atoms with Crippen molar-refractivity contribution < 1.29 is 23.9 Å². The molecule has 1 amide bonds. The van der Waals surface area contributed by atoms with E-state index in [9.17, 15) is 14.7 Å². The number of hydrogen-bond acceptors (Lipinski definition) is 6. The standard InChI is InChI=1S/C35H47N3O5Si/c1-34(2,3)44(7,8)43-31(26-18-21-30(36-23-26)37-35(4,5)27-12-10-9-11-13-27)29-20-19-28(38(29)33(40)41)22-24-14-16-25(17-15-24)32(39)42-6/h9-18,21,23,28-29,31H,19-20,22H2,1-8H3,(H,36,37)(H,40,41)/t28-,29+,31?/m0/s1. The Balaban J connectivity index is 1.62. The number of ether oxygens (including phenoxy) is 1. The number of methoxy groups -OCH3 is 1. The maximum atomic E-state index is 12.8. The Bertz CT molecular complexity index is 1420. The number of amides is 1. The Labute approximate surface area is 262 Å². The fraction of sp³-hybridized carbons (Fsp3) is 0.457. The second-order valence-corrected chi connectivity index (χ2v) is 18.5. The summed E-state index contributed by atoms with van der Waals surface area (Å²) in [6, 6.07) is 20.8. The van der Waals surface area contributed by atoms with E-state index in [1.165, 1.54) is 7.11 Å². The number of anilines is 1. The Morgan fingerprint density at radius 1 is 1.00 bits per heavy atom. The van der Waals surface area contributed by atoms with Gasteiger partial charge in [-0.3, -0.25) is 4.90 Å². The lowest BCUT2D eigenvalue weighted by Crippen LogP contribution is -2.49. The summed E-state index contributed by atoms with van der Waals surface area (Å²) in [5.41, 5.74) is 3.13. The van der Waals surface area contributed by atoms with Crippen molar-refractivity contribution in [2.24, 2.45) is 0 Å². The van der Waals surface area contributed by atoms with Crippen LogP contribution < -0.4 is 5.32 Å². The van der Waals surface area contributed by atoms with Gasteiger partial charge in [0.2, 0.25) is 0 Å². The van der Waals surface area contributed by atoms with Crippen LogP contribution in [-0.2, 0) is 21.1 Å². The largest absolute Gasteiger partial charge is 0.465 e. The fourth-order valence-electron chi connectivity index (χ4n) is 5.63. The molecule has 0 saturated carbocycles. The summed E-state index contributed by atoms with van der Waals surface area (Å²) in [5, 5.41) is 14.0. The van der Waals surface area contributed by atoms with E-state index >= 15 is 0 Å². The number of carbonyl (C=O) groups excluding carboxylic acids is 1. The maximum Gasteiger partial charge on any atom is 0.407 e. The van der Waals surface area contributed by atoms with Crippen molar-refractivity contribution in [2.75, 3.05) is 12.4 Å². The lowest BCUT2D eigenvalue weighted by molar-refractivity contribution is 0.0596. The highest BCUT2D eigenvalue weighted by molar-refractivity contribution is 6.74. The van der Waals surface area contributed by atoms with Gasteiger partial charge in [0.15, 0.2) is 8.32 Å². The van der Waals surface area contributed by atoms with E-state index in [2.05, 4.69) is 65.2 Å². The predicted octanol–water partition coefficient (Wildman–Crippen LogP) is 8.03. The maximum absolute atomic E-state index is 12.8. The van der Waals surface area contributed by atoms with Crippen LogP contribution in [0.4, 0.5) is 10.6 Å². The van der Waals surface area contributed by atoms with Crippen molar-refractivity contribution >= 4 is 26.2 Å². The van der Waals surface area contributed by atoms with Gasteiger partial charge >= 0.3 is 12.1 Å². The summed E-state index contributed by atoms with van der Waals surface area (Å²) >= 11 is 0. The second-order valence-electron chi connectivity index (χ2n) is 13.8. The summed E-state index contributed by atoms with van der Waals surface area (Å²) in [6.07, 6.45) is 2.36. The Morgan fingerprint density at radius 2 is 1.66 bits per heavy atom. The minimum atomic E-state index is -2.30. The van der Waals surface area contributed by atoms with E-state index in [1.54, 1.807) is 17.0 Å². The summed E-state index contributed by atoms with van der Waals surface area (Å²) in [4.78, 5) is 31.1. The molecule has 4 rings (SSSR count).